The van der Waals surface area contributed by atoms with Crippen LogP contribution in [0.3, 0.4) is 0 Å². The van der Waals surface area contributed by atoms with Crippen molar-refractivity contribution < 1.29 is 23.2 Å². The highest BCUT2D eigenvalue weighted by Gasteiger charge is 2.34. The van der Waals surface area contributed by atoms with Crippen LogP contribution in [0.1, 0.15) is 24.2 Å². The Bertz CT molecular complexity index is 604. The zero-order valence-electron chi connectivity index (χ0n) is 11.6. The largest absolute Gasteiger partial charge is 0.372 e. The molecule has 0 unspecified atom stereocenters. The molecule has 114 valence electrons. The van der Waals surface area contributed by atoms with Gasteiger partial charge < -0.3 is 9.64 Å². The summed E-state index contributed by atoms with van der Waals surface area (Å²) in [4.78, 5) is 23.2. The highest BCUT2D eigenvalue weighted by atomic mass is 19.1. The summed E-state index contributed by atoms with van der Waals surface area (Å²) in [7, 11) is 0. The van der Waals surface area contributed by atoms with Gasteiger partial charge in [-0.25, -0.2) is 4.39 Å². The van der Waals surface area contributed by atoms with Crippen LogP contribution in [-0.2, 0) is 4.74 Å². The fourth-order valence-corrected chi connectivity index (χ4v) is 2.23. The van der Waals surface area contributed by atoms with E-state index in [9.17, 15) is 23.7 Å². The second-order valence-corrected chi connectivity index (χ2v) is 5.35. The molecule has 21 heavy (non-hydrogen) atoms. The normalized spacial score (nSPS) is 17.6. The number of hydrogen-bond donors (Lipinski definition) is 0. The Morgan fingerprint density at radius 1 is 1.43 bits per heavy atom. The molecule has 0 radical (unpaired) electrons. The van der Waals surface area contributed by atoms with Crippen molar-refractivity contribution in [3.05, 3.63) is 39.4 Å². The van der Waals surface area contributed by atoms with Gasteiger partial charge in [0.05, 0.1) is 17.1 Å². The van der Waals surface area contributed by atoms with Crippen LogP contribution >= 0.6 is 0 Å². The molecule has 1 saturated heterocycles. The number of amides is 1. The predicted octanol–water partition coefficient (Wildman–Crippen LogP) is 2.12. The van der Waals surface area contributed by atoms with Crippen molar-refractivity contribution in [2.24, 2.45) is 0 Å². The highest BCUT2D eigenvalue weighted by molar-refractivity contribution is 5.95. The van der Waals surface area contributed by atoms with Gasteiger partial charge in [0.25, 0.3) is 5.91 Å². The smallest absolute Gasteiger partial charge is 0.305 e. The lowest BCUT2D eigenvalue weighted by atomic mass is 10.1. The Kier molecular flexibility index (Phi) is 3.91. The number of ether oxygens (including phenoxy) is 1. The standard InChI is InChI=1S/C13H14F2N2O4/c1-13(2)7-16(5-6-21-13)12(18)10-8(14)3-4-9(11(10)15)17(19)20/h3-4H,5-7H2,1-2H3. The van der Waals surface area contributed by atoms with E-state index in [4.69, 9.17) is 4.74 Å². The molecule has 0 N–H and O–H groups in total. The van der Waals surface area contributed by atoms with Crippen molar-refractivity contribution in [1.29, 1.82) is 0 Å². The second-order valence-electron chi connectivity index (χ2n) is 5.35. The van der Waals surface area contributed by atoms with Crippen LogP contribution in [0, 0.1) is 21.7 Å². The molecule has 1 aromatic rings. The summed E-state index contributed by atoms with van der Waals surface area (Å²) in [5.41, 5.74) is -2.46. The van der Waals surface area contributed by atoms with Crippen molar-refractivity contribution >= 4 is 11.6 Å². The van der Waals surface area contributed by atoms with Crippen LogP contribution in [0.15, 0.2) is 12.1 Å². The minimum Gasteiger partial charge on any atom is -0.372 e. The van der Waals surface area contributed by atoms with Gasteiger partial charge in [0.1, 0.15) is 11.4 Å². The third kappa shape index (κ3) is 2.99. The van der Waals surface area contributed by atoms with Crippen LogP contribution in [0.2, 0.25) is 0 Å². The van der Waals surface area contributed by atoms with E-state index in [1.165, 1.54) is 4.90 Å². The average Bonchev–Trinajstić information content (AvgIpc) is 2.36. The molecule has 1 amide bonds. The van der Waals surface area contributed by atoms with Gasteiger partial charge in [0.2, 0.25) is 5.82 Å². The zero-order chi connectivity index (χ0) is 15.8. The number of benzene rings is 1. The highest BCUT2D eigenvalue weighted by Crippen LogP contribution is 2.26. The van der Waals surface area contributed by atoms with Gasteiger partial charge in [-0.05, 0) is 19.9 Å². The van der Waals surface area contributed by atoms with Crippen LogP contribution < -0.4 is 0 Å². The Labute approximate surface area is 119 Å². The Balaban J connectivity index is 2.39. The SMILES string of the molecule is CC1(C)CN(C(=O)c2c(F)ccc([N+](=O)[O-])c2F)CCO1. The van der Waals surface area contributed by atoms with Crippen LogP contribution in [0.4, 0.5) is 14.5 Å². The molecule has 6 nitrogen and oxygen atoms in total. The quantitative estimate of drug-likeness (QED) is 0.619. The number of hydrogen-bond acceptors (Lipinski definition) is 4. The number of carbonyl (C=O) groups is 1. The lowest BCUT2D eigenvalue weighted by Crippen LogP contribution is -2.50. The van der Waals surface area contributed by atoms with Crippen LogP contribution in [0.25, 0.3) is 0 Å². The van der Waals surface area contributed by atoms with E-state index in [2.05, 4.69) is 0 Å². The first-order chi connectivity index (χ1) is 9.73. The molecule has 1 aliphatic rings. The van der Waals surface area contributed by atoms with Gasteiger partial charge in [-0.2, -0.15) is 4.39 Å². The number of nitrogens with zero attached hydrogens (tertiary/aromatic N) is 2. The minimum atomic E-state index is -1.45. The Hall–Kier alpha value is -2.09. The monoisotopic (exact) mass is 300 g/mol. The van der Waals surface area contributed by atoms with Crippen LogP contribution in [-0.4, -0.2) is 41.0 Å². The number of nitro groups is 1. The first-order valence-electron chi connectivity index (χ1n) is 6.28. The van der Waals surface area contributed by atoms with Gasteiger partial charge in [0.15, 0.2) is 0 Å². The molecular formula is C13H14F2N2O4. The first-order valence-corrected chi connectivity index (χ1v) is 6.28. The summed E-state index contributed by atoms with van der Waals surface area (Å²) in [6.45, 7) is 4.04. The molecule has 0 aliphatic carbocycles. The maximum Gasteiger partial charge on any atom is 0.305 e. The molecule has 1 fully saturated rings. The van der Waals surface area contributed by atoms with Crippen molar-refractivity contribution in [2.75, 3.05) is 19.7 Å². The second kappa shape index (κ2) is 5.36. The molecule has 1 aliphatic heterocycles. The van der Waals surface area contributed by atoms with E-state index in [0.29, 0.717) is 6.07 Å². The maximum atomic E-state index is 14.0. The number of nitro benzene ring substituents is 1. The summed E-state index contributed by atoms with van der Waals surface area (Å²) in [5.74, 6) is -3.48. The summed E-state index contributed by atoms with van der Waals surface area (Å²) < 4.78 is 33.2. The number of carbonyl (C=O) groups excluding carboxylic acids is 1. The summed E-state index contributed by atoms with van der Waals surface area (Å²) in [6, 6.07) is 1.42. The third-order valence-corrected chi connectivity index (χ3v) is 3.19. The third-order valence-electron chi connectivity index (χ3n) is 3.19. The summed E-state index contributed by atoms with van der Waals surface area (Å²) >= 11 is 0. The van der Waals surface area contributed by atoms with Gasteiger partial charge in [-0.1, -0.05) is 0 Å². The number of halogens is 2. The lowest BCUT2D eigenvalue weighted by molar-refractivity contribution is -0.387. The van der Waals surface area contributed by atoms with Crippen molar-refractivity contribution in [3.63, 3.8) is 0 Å². The van der Waals surface area contributed by atoms with Crippen molar-refractivity contribution in [3.8, 4) is 0 Å². The predicted molar refractivity (Wildman–Crippen MR) is 68.9 cm³/mol. The molecule has 0 atom stereocenters. The van der Waals surface area contributed by atoms with Gasteiger partial charge in [-0.3, -0.25) is 14.9 Å². The van der Waals surface area contributed by atoms with E-state index < -0.39 is 39.3 Å². The Morgan fingerprint density at radius 3 is 2.67 bits per heavy atom. The van der Waals surface area contributed by atoms with Crippen molar-refractivity contribution in [2.45, 2.75) is 19.4 Å². The molecular weight excluding hydrogens is 286 g/mol. The molecule has 1 aromatic carbocycles. The maximum absolute atomic E-state index is 14.0. The van der Waals surface area contributed by atoms with E-state index in [-0.39, 0.29) is 19.7 Å². The molecule has 8 heteroatoms. The van der Waals surface area contributed by atoms with E-state index in [1.54, 1.807) is 13.8 Å². The fraction of sp³-hybridized carbons (Fsp3) is 0.462. The van der Waals surface area contributed by atoms with E-state index >= 15 is 0 Å². The summed E-state index contributed by atoms with van der Waals surface area (Å²) in [5, 5.41) is 10.7. The van der Waals surface area contributed by atoms with E-state index in [0.717, 1.165) is 6.07 Å². The zero-order valence-corrected chi connectivity index (χ0v) is 11.6. The number of morpholine rings is 1. The molecule has 0 spiro atoms. The van der Waals surface area contributed by atoms with E-state index in [1.807, 2.05) is 0 Å². The molecule has 2 rings (SSSR count). The minimum absolute atomic E-state index is 0.146. The molecule has 0 bridgehead atoms. The number of rotatable bonds is 2. The molecule has 0 saturated carbocycles. The van der Waals surface area contributed by atoms with Gasteiger partial charge in [-0.15, -0.1) is 0 Å². The fourth-order valence-electron chi connectivity index (χ4n) is 2.23. The molecule has 1 heterocycles. The molecule has 0 aromatic heterocycles. The van der Waals surface area contributed by atoms with Crippen LogP contribution in [0.5, 0.6) is 0 Å². The van der Waals surface area contributed by atoms with Gasteiger partial charge in [0, 0.05) is 19.2 Å². The van der Waals surface area contributed by atoms with Gasteiger partial charge >= 0.3 is 5.69 Å². The Morgan fingerprint density at radius 2 is 2.10 bits per heavy atom. The topological polar surface area (TPSA) is 72.7 Å². The lowest BCUT2D eigenvalue weighted by Gasteiger charge is -2.38. The first kappa shape index (κ1) is 15.3. The summed E-state index contributed by atoms with van der Waals surface area (Å²) in [6.07, 6.45) is 0. The van der Waals surface area contributed by atoms with Crippen molar-refractivity contribution in [1.82, 2.24) is 4.90 Å². The average molecular weight is 300 g/mol.